The molecule has 1 heterocycles. The van der Waals surface area contributed by atoms with E-state index >= 15 is 0 Å². The van der Waals surface area contributed by atoms with Crippen molar-refractivity contribution in [2.45, 2.75) is 25.8 Å². The highest BCUT2D eigenvalue weighted by molar-refractivity contribution is 5.90. The molecule has 34 heavy (non-hydrogen) atoms. The number of carbonyl (C=O) groups excluding carboxylic acids is 2. The maximum atomic E-state index is 12.3. The number of rotatable bonds is 9. The predicted octanol–water partition coefficient (Wildman–Crippen LogP) is 3.47. The minimum atomic E-state index is -1.02. The highest BCUT2D eigenvalue weighted by Crippen LogP contribution is 2.44. The van der Waals surface area contributed by atoms with Crippen LogP contribution in [0.25, 0.3) is 11.1 Å². The molecule has 2 aromatic carbocycles. The third-order valence-electron chi connectivity index (χ3n) is 5.69. The normalized spacial score (nSPS) is 13.0. The number of aliphatic carboxylic acids is 1. The van der Waals surface area contributed by atoms with Crippen LogP contribution in [0.5, 0.6) is 0 Å². The fraction of sp³-hybridized carbons (Fsp3) is 0.280. The topological polar surface area (TPSA) is 123 Å². The number of carboxylic acid groups (broad SMARTS) is 1. The van der Waals surface area contributed by atoms with Gasteiger partial charge < -0.3 is 20.5 Å². The van der Waals surface area contributed by atoms with Gasteiger partial charge in [0.2, 0.25) is 5.91 Å². The second kappa shape index (κ2) is 10.2. The number of ether oxygens (including phenoxy) is 1. The van der Waals surface area contributed by atoms with Crippen LogP contribution in [0, 0.1) is 5.92 Å². The van der Waals surface area contributed by atoms with Gasteiger partial charge in [-0.2, -0.15) is 5.10 Å². The number of nitrogens with zero attached hydrogens (tertiary/aromatic N) is 2. The van der Waals surface area contributed by atoms with Crippen molar-refractivity contribution in [3.63, 3.8) is 0 Å². The number of benzene rings is 2. The van der Waals surface area contributed by atoms with Crippen LogP contribution in [0.4, 0.5) is 10.5 Å². The van der Waals surface area contributed by atoms with E-state index in [9.17, 15) is 14.4 Å². The largest absolute Gasteiger partial charge is 0.480 e. The molecule has 0 bridgehead atoms. The monoisotopic (exact) mass is 462 g/mol. The quantitative estimate of drug-likeness (QED) is 0.448. The zero-order valence-electron chi connectivity index (χ0n) is 18.7. The summed E-state index contributed by atoms with van der Waals surface area (Å²) in [4.78, 5) is 35.2. The molecule has 176 valence electrons. The Morgan fingerprint density at radius 3 is 2.38 bits per heavy atom. The van der Waals surface area contributed by atoms with Gasteiger partial charge in [-0.1, -0.05) is 55.5 Å². The number of hydrogen-bond acceptors (Lipinski definition) is 5. The molecular formula is C25H26N4O5. The van der Waals surface area contributed by atoms with Gasteiger partial charge in [0, 0.05) is 25.1 Å². The number of fused-ring (bicyclic) bond motifs is 3. The summed E-state index contributed by atoms with van der Waals surface area (Å²) in [6.45, 7) is 2.07. The molecule has 1 aliphatic carbocycles. The molecule has 0 radical (unpaired) electrons. The summed E-state index contributed by atoms with van der Waals surface area (Å²) in [6.07, 6.45) is 2.49. The highest BCUT2D eigenvalue weighted by Gasteiger charge is 2.29. The van der Waals surface area contributed by atoms with E-state index in [1.165, 1.54) is 28.2 Å². The van der Waals surface area contributed by atoms with E-state index in [1.807, 2.05) is 31.2 Å². The molecule has 2 amide bonds. The Morgan fingerprint density at radius 1 is 1.09 bits per heavy atom. The molecule has 9 nitrogen and oxygen atoms in total. The van der Waals surface area contributed by atoms with E-state index < -0.39 is 12.1 Å². The van der Waals surface area contributed by atoms with E-state index in [0.717, 1.165) is 11.1 Å². The summed E-state index contributed by atoms with van der Waals surface area (Å²) in [6, 6.07) is 16.3. The van der Waals surface area contributed by atoms with Crippen LogP contribution in [0.1, 0.15) is 30.4 Å². The number of nitrogens with one attached hydrogen (secondary N) is 2. The van der Waals surface area contributed by atoms with Crippen LogP contribution < -0.4 is 10.6 Å². The minimum absolute atomic E-state index is 0.0107. The van der Waals surface area contributed by atoms with Crippen LogP contribution in [-0.4, -0.2) is 46.0 Å². The van der Waals surface area contributed by atoms with Gasteiger partial charge >= 0.3 is 12.1 Å². The van der Waals surface area contributed by atoms with E-state index in [-0.39, 0.29) is 43.9 Å². The van der Waals surface area contributed by atoms with Gasteiger partial charge in [0.25, 0.3) is 0 Å². The van der Waals surface area contributed by atoms with Crippen molar-refractivity contribution in [1.82, 2.24) is 15.1 Å². The van der Waals surface area contributed by atoms with Crippen molar-refractivity contribution in [2.75, 3.05) is 18.5 Å². The number of anilines is 1. The number of alkyl carbamates (subject to hydrolysis) is 1. The number of amides is 2. The minimum Gasteiger partial charge on any atom is -0.480 e. The smallest absolute Gasteiger partial charge is 0.407 e. The average molecular weight is 463 g/mol. The SMILES string of the molecule is CC(CNC(=O)OCC1c2ccccc2-c2ccccc21)CC(=O)Nc1cnn(CC(=O)O)c1. The maximum absolute atomic E-state index is 12.3. The molecule has 3 N–H and O–H groups in total. The van der Waals surface area contributed by atoms with Gasteiger partial charge in [0.1, 0.15) is 13.2 Å². The molecular weight excluding hydrogens is 436 g/mol. The van der Waals surface area contributed by atoms with Gasteiger partial charge in [-0.05, 0) is 28.2 Å². The van der Waals surface area contributed by atoms with Gasteiger partial charge in [-0.15, -0.1) is 0 Å². The van der Waals surface area contributed by atoms with Crippen molar-refractivity contribution < 1.29 is 24.2 Å². The van der Waals surface area contributed by atoms with E-state index in [1.54, 1.807) is 0 Å². The van der Waals surface area contributed by atoms with Gasteiger partial charge in [-0.3, -0.25) is 14.3 Å². The van der Waals surface area contributed by atoms with Crippen LogP contribution in [0.15, 0.2) is 60.9 Å². The van der Waals surface area contributed by atoms with Crippen molar-refractivity contribution in [3.05, 3.63) is 72.1 Å². The lowest BCUT2D eigenvalue weighted by atomic mass is 9.98. The van der Waals surface area contributed by atoms with Gasteiger partial charge in [-0.25, -0.2) is 4.79 Å². The number of aromatic nitrogens is 2. The Hall–Kier alpha value is -4.14. The summed E-state index contributed by atoms with van der Waals surface area (Å²) in [5.41, 5.74) is 5.05. The summed E-state index contributed by atoms with van der Waals surface area (Å²) in [7, 11) is 0. The van der Waals surface area contributed by atoms with E-state index in [4.69, 9.17) is 9.84 Å². The van der Waals surface area contributed by atoms with Crippen molar-refractivity contribution in [1.29, 1.82) is 0 Å². The summed E-state index contributed by atoms with van der Waals surface area (Å²) in [5.74, 6) is -1.41. The van der Waals surface area contributed by atoms with Crippen LogP contribution in [-0.2, 0) is 20.9 Å². The highest BCUT2D eigenvalue weighted by atomic mass is 16.5. The van der Waals surface area contributed by atoms with Crippen LogP contribution >= 0.6 is 0 Å². The Morgan fingerprint density at radius 2 is 1.74 bits per heavy atom. The van der Waals surface area contributed by atoms with Gasteiger partial charge in [0.15, 0.2) is 0 Å². The Kier molecular flexibility index (Phi) is 6.91. The van der Waals surface area contributed by atoms with E-state index in [0.29, 0.717) is 5.69 Å². The van der Waals surface area contributed by atoms with Crippen molar-refractivity contribution >= 4 is 23.7 Å². The molecule has 0 saturated carbocycles. The summed E-state index contributed by atoms with van der Waals surface area (Å²) >= 11 is 0. The third kappa shape index (κ3) is 5.43. The first kappa shape index (κ1) is 23.0. The first-order valence-electron chi connectivity index (χ1n) is 11.0. The zero-order valence-corrected chi connectivity index (χ0v) is 18.7. The number of hydrogen-bond donors (Lipinski definition) is 3. The summed E-state index contributed by atoms with van der Waals surface area (Å²) in [5, 5.41) is 18.1. The van der Waals surface area contributed by atoms with Crippen LogP contribution in [0.3, 0.4) is 0 Å². The molecule has 0 spiro atoms. The Balaban J connectivity index is 1.22. The maximum Gasteiger partial charge on any atom is 0.407 e. The molecule has 1 unspecified atom stereocenters. The first-order valence-corrected chi connectivity index (χ1v) is 11.0. The van der Waals surface area contributed by atoms with Gasteiger partial charge in [0.05, 0.1) is 11.9 Å². The number of carbonyl (C=O) groups is 3. The van der Waals surface area contributed by atoms with Crippen molar-refractivity contribution in [3.8, 4) is 11.1 Å². The molecule has 1 aromatic heterocycles. The molecule has 0 aliphatic heterocycles. The lowest BCUT2D eigenvalue weighted by Gasteiger charge is -2.16. The third-order valence-corrected chi connectivity index (χ3v) is 5.69. The van der Waals surface area contributed by atoms with E-state index in [2.05, 4.69) is 40.0 Å². The molecule has 9 heteroatoms. The molecule has 4 rings (SSSR count). The standard InChI is InChI=1S/C25H26N4O5/c1-16(10-23(30)28-17-12-27-29(13-17)14-24(31)32)11-26-25(33)34-15-22-20-8-4-2-6-18(20)19-7-3-5-9-21(19)22/h2-9,12-13,16,22H,10-11,14-15H2,1H3,(H,26,33)(H,28,30)(H,31,32). The second-order valence-corrected chi connectivity index (χ2v) is 8.38. The fourth-order valence-corrected chi connectivity index (χ4v) is 4.16. The molecule has 1 aliphatic rings. The summed E-state index contributed by atoms with van der Waals surface area (Å²) < 4.78 is 6.74. The average Bonchev–Trinajstić information content (AvgIpc) is 3.37. The lowest BCUT2D eigenvalue weighted by Crippen LogP contribution is -2.31. The Labute approximate surface area is 196 Å². The lowest BCUT2D eigenvalue weighted by molar-refractivity contribution is -0.137. The Bertz CT molecular complexity index is 1160. The molecule has 3 aromatic rings. The van der Waals surface area contributed by atoms with Crippen molar-refractivity contribution in [2.24, 2.45) is 5.92 Å². The fourth-order valence-electron chi connectivity index (χ4n) is 4.16. The second-order valence-electron chi connectivity index (χ2n) is 8.38. The predicted molar refractivity (Wildman–Crippen MR) is 125 cm³/mol. The molecule has 1 atom stereocenters. The molecule has 0 saturated heterocycles. The zero-order chi connectivity index (χ0) is 24.1. The number of carboxylic acids is 1. The molecule has 0 fully saturated rings. The van der Waals surface area contributed by atoms with Crippen LogP contribution in [0.2, 0.25) is 0 Å². The first-order chi connectivity index (χ1) is 16.4.